The molecular weight excluding hydrogens is 136 g/mol. The van der Waals surface area contributed by atoms with Gasteiger partial charge in [0.15, 0.2) is 0 Å². The SMILES string of the molecule is NCC(C1CC1)N1CCCC1. The second kappa shape index (κ2) is 3.11. The highest BCUT2D eigenvalue weighted by molar-refractivity contribution is 4.90. The van der Waals surface area contributed by atoms with Gasteiger partial charge in [0.05, 0.1) is 0 Å². The Morgan fingerprint density at radius 2 is 1.91 bits per heavy atom. The molecule has 0 aromatic heterocycles. The van der Waals surface area contributed by atoms with Crippen LogP contribution in [0.1, 0.15) is 25.7 Å². The van der Waals surface area contributed by atoms with Gasteiger partial charge >= 0.3 is 0 Å². The zero-order valence-corrected chi connectivity index (χ0v) is 7.13. The minimum absolute atomic E-state index is 0.734. The lowest BCUT2D eigenvalue weighted by atomic mass is 10.1. The maximum absolute atomic E-state index is 5.75. The Morgan fingerprint density at radius 1 is 1.27 bits per heavy atom. The molecule has 0 aromatic rings. The Labute approximate surface area is 68.7 Å². The molecular formula is C9H18N2. The third-order valence-electron chi connectivity index (χ3n) is 3.02. The molecule has 2 aliphatic rings. The van der Waals surface area contributed by atoms with E-state index in [1.807, 2.05) is 0 Å². The average Bonchev–Trinajstić information content (AvgIpc) is 2.68. The third-order valence-corrected chi connectivity index (χ3v) is 3.02. The van der Waals surface area contributed by atoms with Crippen LogP contribution in [-0.2, 0) is 0 Å². The number of nitrogens with zero attached hydrogens (tertiary/aromatic N) is 1. The molecule has 0 radical (unpaired) electrons. The van der Waals surface area contributed by atoms with Crippen LogP contribution >= 0.6 is 0 Å². The molecule has 0 aromatic carbocycles. The van der Waals surface area contributed by atoms with E-state index in [0.29, 0.717) is 0 Å². The van der Waals surface area contributed by atoms with Crippen molar-refractivity contribution in [3.05, 3.63) is 0 Å². The summed E-state index contributed by atoms with van der Waals surface area (Å²) >= 11 is 0. The summed E-state index contributed by atoms with van der Waals surface area (Å²) in [6, 6.07) is 0.734. The van der Waals surface area contributed by atoms with Gasteiger partial charge in [0.1, 0.15) is 0 Å². The van der Waals surface area contributed by atoms with E-state index >= 15 is 0 Å². The molecule has 2 heteroatoms. The maximum Gasteiger partial charge on any atom is 0.0246 e. The summed E-state index contributed by atoms with van der Waals surface area (Å²) in [7, 11) is 0. The van der Waals surface area contributed by atoms with Crippen LogP contribution in [0.2, 0.25) is 0 Å². The molecule has 64 valence electrons. The monoisotopic (exact) mass is 154 g/mol. The smallest absolute Gasteiger partial charge is 0.0246 e. The number of hydrogen-bond donors (Lipinski definition) is 1. The molecule has 2 nitrogen and oxygen atoms in total. The summed E-state index contributed by atoms with van der Waals surface area (Å²) in [5.41, 5.74) is 5.75. The van der Waals surface area contributed by atoms with E-state index in [0.717, 1.165) is 18.5 Å². The predicted octanol–water partition coefficient (Wildman–Crippen LogP) is 0.819. The quantitative estimate of drug-likeness (QED) is 0.652. The Bertz CT molecular complexity index is 126. The first-order valence-corrected chi connectivity index (χ1v) is 4.86. The summed E-state index contributed by atoms with van der Waals surface area (Å²) in [6.45, 7) is 3.49. The molecule has 1 saturated heterocycles. The number of hydrogen-bond acceptors (Lipinski definition) is 2. The average molecular weight is 154 g/mol. The maximum atomic E-state index is 5.75. The van der Waals surface area contributed by atoms with Gasteiger partial charge in [0, 0.05) is 12.6 Å². The van der Waals surface area contributed by atoms with E-state index in [4.69, 9.17) is 5.73 Å². The van der Waals surface area contributed by atoms with E-state index < -0.39 is 0 Å². The number of likely N-dealkylation sites (tertiary alicyclic amines) is 1. The van der Waals surface area contributed by atoms with Crippen molar-refractivity contribution in [2.75, 3.05) is 19.6 Å². The van der Waals surface area contributed by atoms with Crippen LogP contribution in [0.25, 0.3) is 0 Å². The van der Waals surface area contributed by atoms with Crippen molar-refractivity contribution in [3.8, 4) is 0 Å². The van der Waals surface area contributed by atoms with Gasteiger partial charge in [-0.15, -0.1) is 0 Å². The fourth-order valence-corrected chi connectivity index (χ4v) is 2.19. The predicted molar refractivity (Wildman–Crippen MR) is 46.4 cm³/mol. The van der Waals surface area contributed by atoms with Crippen LogP contribution in [0, 0.1) is 5.92 Å². The van der Waals surface area contributed by atoms with Crippen molar-refractivity contribution in [2.45, 2.75) is 31.7 Å². The van der Waals surface area contributed by atoms with Crippen LogP contribution in [0.5, 0.6) is 0 Å². The van der Waals surface area contributed by atoms with Gasteiger partial charge in [-0.1, -0.05) is 0 Å². The van der Waals surface area contributed by atoms with Crippen molar-refractivity contribution in [2.24, 2.45) is 11.7 Å². The molecule has 1 atom stereocenters. The van der Waals surface area contributed by atoms with Gasteiger partial charge in [0.25, 0.3) is 0 Å². The van der Waals surface area contributed by atoms with Crippen molar-refractivity contribution in [1.82, 2.24) is 4.90 Å². The van der Waals surface area contributed by atoms with Crippen molar-refractivity contribution in [3.63, 3.8) is 0 Å². The molecule has 0 amide bonds. The highest BCUT2D eigenvalue weighted by atomic mass is 15.2. The van der Waals surface area contributed by atoms with Gasteiger partial charge < -0.3 is 5.73 Å². The fraction of sp³-hybridized carbons (Fsp3) is 1.00. The summed E-state index contributed by atoms with van der Waals surface area (Å²) < 4.78 is 0. The van der Waals surface area contributed by atoms with Gasteiger partial charge in [0.2, 0.25) is 0 Å². The molecule has 2 fully saturated rings. The minimum Gasteiger partial charge on any atom is -0.329 e. The van der Waals surface area contributed by atoms with Crippen LogP contribution in [-0.4, -0.2) is 30.6 Å². The first kappa shape index (κ1) is 7.56. The summed E-state index contributed by atoms with van der Waals surface area (Å²) in [4.78, 5) is 2.59. The lowest BCUT2D eigenvalue weighted by molar-refractivity contribution is 0.224. The van der Waals surface area contributed by atoms with Crippen LogP contribution in [0.3, 0.4) is 0 Å². The standard InChI is InChI=1S/C9H18N2/c10-7-9(8-3-4-8)11-5-1-2-6-11/h8-9H,1-7,10H2. The first-order chi connectivity index (χ1) is 5.42. The highest BCUT2D eigenvalue weighted by Gasteiger charge is 2.34. The van der Waals surface area contributed by atoms with Crippen molar-refractivity contribution < 1.29 is 0 Å². The number of nitrogens with two attached hydrogens (primary N) is 1. The van der Waals surface area contributed by atoms with Crippen molar-refractivity contribution in [1.29, 1.82) is 0 Å². The largest absolute Gasteiger partial charge is 0.329 e. The number of rotatable bonds is 3. The van der Waals surface area contributed by atoms with Gasteiger partial charge in [-0.2, -0.15) is 0 Å². The van der Waals surface area contributed by atoms with Crippen LogP contribution in [0.4, 0.5) is 0 Å². The Morgan fingerprint density at radius 3 is 2.36 bits per heavy atom. The van der Waals surface area contributed by atoms with E-state index in [1.165, 1.54) is 38.8 Å². The summed E-state index contributed by atoms with van der Waals surface area (Å²) in [5, 5.41) is 0. The summed E-state index contributed by atoms with van der Waals surface area (Å²) in [5.74, 6) is 0.957. The molecule has 1 aliphatic carbocycles. The second-order valence-corrected chi connectivity index (χ2v) is 3.88. The Hall–Kier alpha value is -0.0800. The lowest BCUT2D eigenvalue weighted by Gasteiger charge is -2.25. The van der Waals surface area contributed by atoms with E-state index in [1.54, 1.807) is 0 Å². The van der Waals surface area contributed by atoms with Crippen molar-refractivity contribution >= 4 is 0 Å². The van der Waals surface area contributed by atoms with Crippen LogP contribution in [0.15, 0.2) is 0 Å². The molecule has 1 aliphatic heterocycles. The fourth-order valence-electron chi connectivity index (χ4n) is 2.19. The second-order valence-electron chi connectivity index (χ2n) is 3.88. The van der Waals surface area contributed by atoms with Gasteiger partial charge in [-0.05, 0) is 44.7 Å². The normalized spacial score (nSPS) is 29.2. The molecule has 2 rings (SSSR count). The van der Waals surface area contributed by atoms with Gasteiger partial charge in [-0.3, -0.25) is 4.90 Å². The molecule has 0 spiro atoms. The molecule has 2 N–H and O–H groups in total. The lowest BCUT2D eigenvalue weighted by Crippen LogP contribution is -2.40. The Kier molecular flexibility index (Phi) is 2.14. The van der Waals surface area contributed by atoms with Gasteiger partial charge in [-0.25, -0.2) is 0 Å². The highest BCUT2D eigenvalue weighted by Crippen LogP contribution is 2.35. The zero-order valence-electron chi connectivity index (χ0n) is 7.13. The molecule has 1 heterocycles. The topological polar surface area (TPSA) is 29.3 Å². The van der Waals surface area contributed by atoms with E-state index in [2.05, 4.69) is 4.90 Å². The first-order valence-electron chi connectivity index (χ1n) is 4.86. The molecule has 1 unspecified atom stereocenters. The molecule has 0 bridgehead atoms. The molecule has 11 heavy (non-hydrogen) atoms. The third kappa shape index (κ3) is 1.57. The van der Waals surface area contributed by atoms with Crippen LogP contribution < -0.4 is 5.73 Å². The van der Waals surface area contributed by atoms with E-state index in [9.17, 15) is 0 Å². The Balaban J connectivity index is 1.87. The molecule has 1 saturated carbocycles. The zero-order chi connectivity index (χ0) is 7.68. The summed E-state index contributed by atoms with van der Waals surface area (Å²) in [6.07, 6.45) is 5.64. The van der Waals surface area contributed by atoms with E-state index in [-0.39, 0.29) is 0 Å². The minimum atomic E-state index is 0.734.